The van der Waals surface area contributed by atoms with Crippen LogP contribution in [0.5, 0.6) is 0 Å². The SMILES string of the molecule is O=[As]1(c2cccc3ccccc23)c2ccccc2Cc2ccccc21. The van der Waals surface area contributed by atoms with Crippen molar-refractivity contribution >= 4 is 37.3 Å². The van der Waals surface area contributed by atoms with Gasteiger partial charge in [-0.2, -0.15) is 0 Å². The Kier molecular flexibility index (Phi) is 3.26. The van der Waals surface area contributed by atoms with Crippen LogP contribution in [0.1, 0.15) is 11.1 Å². The van der Waals surface area contributed by atoms with E-state index in [0.717, 1.165) is 30.2 Å². The maximum atomic E-state index is 14.8. The van der Waals surface area contributed by atoms with Gasteiger partial charge >= 0.3 is 150 Å². The topological polar surface area (TPSA) is 17.1 Å². The van der Waals surface area contributed by atoms with Gasteiger partial charge in [-0.3, -0.25) is 0 Å². The van der Waals surface area contributed by atoms with Crippen LogP contribution in [-0.4, -0.2) is 13.5 Å². The molecule has 0 unspecified atom stereocenters. The second-order valence-corrected chi connectivity index (χ2v) is 12.1. The van der Waals surface area contributed by atoms with Crippen molar-refractivity contribution in [1.82, 2.24) is 0 Å². The Labute approximate surface area is 149 Å². The molecule has 0 saturated carbocycles. The molecule has 2 heteroatoms. The zero-order valence-electron chi connectivity index (χ0n) is 13.7. The van der Waals surface area contributed by atoms with Crippen LogP contribution in [0.3, 0.4) is 0 Å². The summed E-state index contributed by atoms with van der Waals surface area (Å²) in [5, 5.41) is 2.26. The summed E-state index contributed by atoms with van der Waals surface area (Å²) >= 11 is -3.72. The monoisotopic (exact) mass is 384 g/mol. The molecule has 120 valence electrons. The second kappa shape index (κ2) is 5.51. The molecular formula is C23H17AsO. The average molecular weight is 384 g/mol. The fourth-order valence-electron chi connectivity index (χ4n) is 4.01. The van der Waals surface area contributed by atoms with Gasteiger partial charge < -0.3 is 0 Å². The Morgan fingerprint density at radius 3 is 1.80 bits per heavy atom. The van der Waals surface area contributed by atoms with Gasteiger partial charge in [-0.1, -0.05) is 0 Å². The molecule has 0 fully saturated rings. The van der Waals surface area contributed by atoms with Gasteiger partial charge in [-0.05, 0) is 0 Å². The first kappa shape index (κ1) is 14.8. The number of fused-ring (bicyclic) bond motifs is 3. The zero-order valence-corrected chi connectivity index (χ0v) is 15.6. The van der Waals surface area contributed by atoms with E-state index in [1.54, 1.807) is 0 Å². The van der Waals surface area contributed by atoms with Crippen molar-refractivity contribution in [3.8, 4) is 0 Å². The fraction of sp³-hybridized carbons (Fsp3) is 0.0435. The zero-order chi connectivity index (χ0) is 16.9. The summed E-state index contributed by atoms with van der Waals surface area (Å²) in [6.07, 6.45) is 0.864. The van der Waals surface area contributed by atoms with Crippen LogP contribution in [0.25, 0.3) is 10.8 Å². The molecule has 0 atom stereocenters. The molecule has 0 aliphatic carbocycles. The van der Waals surface area contributed by atoms with Crippen molar-refractivity contribution < 1.29 is 3.74 Å². The van der Waals surface area contributed by atoms with E-state index >= 15 is 0 Å². The number of hydrogen-bond donors (Lipinski definition) is 0. The number of rotatable bonds is 1. The van der Waals surface area contributed by atoms with Gasteiger partial charge in [-0.15, -0.1) is 0 Å². The van der Waals surface area contributed by atoms with Crippen molar-refractivity contribution in [2.24, 2.45) is 0 Å². The first-order chi connectivity index (χ1) is 12.3. The normalized spacial score (nSPS) is 14.7. The quantitative estimate of drug-likeness (QED) is 0.406. The molecule has 1 aliphatic heterocycles. The molecule has 0 aromatic heterocycles. The summed E-state index contributed by atoms with van der Waals surface area (Å²) in [5.41, 5.74) is 2.41. The third-order valence-electron chi connectivity index (χ3n) is 5.15. The first-order valence-electron chi connectivity index (χ1n) is 8.54. The summed E-state index contributed by atoms with van der Waals surface area (Å²) < 4.78 is 17.9. The van der Waals surface area contributed by atoms with E-state index in [1.807, 2.05) is 30.3 Å². The molecule has 0 saturated heterocycles. The molecule has 4 aromatic carbocycles. The van der Waals surface area contributed by atoms with Crippen molar-refractivity contribution in [1.29, 1.82) is 0 Å². The van der Waals surface area contributed by atoms with Crippen molar-refractivity contribution in [3.05, 3.63) is 102 Å². The summed E-state index contributed by atoms with van der Waals surface area (Å²) in [4.78, 5) is 0. The van der Waals surface area contributed by atoms with E-state index in [4.69, 9.17) is 0 Å². The number of hydrogen-bond acceptors (Lipinski definition) is 1. The summed E-state index contributed by atoms with van der Waals surface area (Å²) in [7, 11) is 0. The predicted octanol–water partition coefficient (Wildman–Crippen LogP) is 3.14. The molecule has 4 aromatic rings. The van der Waals surface area contributed by atoms with Crippen LogP contribution in [0.2, 0.25) is 0 Å². The predicted molar refractivity (Wildman–Crippen MR) is 105 cm³/mol. The molecule has 25 heavy (non-hydrogen) atoms. The van der Waals surface area contributed by atoms with E-state index in [9.17, 15) is 3.74 Å². The van der Waals surface area contributed by atoms with Gasteiger partial charge in [0.1, 0.15) is 0 Å². The Morgan fingerprint density at radius 2 is 1.08 bits per heavy atom. The van der Waals surface area contributed by atoms with E-state index in [0.29, 0.717) is 0 Å². The maximum absolute atomic E-state index is 14.8. The van der Waals surface area contributed by atoms with E-state index in [2.05, 4.69) is 60.7 Å². The second-order valence-electron chi connectivity index (χ2n) is 6.54. The summed E-state index contributed by atoms with van der Waals surface area (Å²) in [6, 6.07) is 31.0. The van der Waals surface area contributed by atoms with Crippen LogP contribution < -0.4 is 13.1 Å². The Balaban J connectivity index is 1.94. The molecule has 5 rings (SSSR count). The van der Waals surface area contributed by atoms with Gasteiger partial charge in [0.2, 0.25) is 0 Å². The molecule has 1 nitrogen and oxygen atoms in total. The van der Waals surface area contributed by atoms with Gasteiger partial charge in [-0.25, -0.2) is 0 Å². The van der Waals surface area contributed by atoms with Gasteiger partial charge in [0.25, 0.3) is 0 Å². The minimum atomic E-state index is -3.72. The van der Waals surface area contributed by atoms with Crippen LogP contribution >= 0.6 is 0 Å². The van der Waals surface area contributed by atoms with E-state index in [-0.39, 0.29) is 0 Å². The number of benzene rings is 4. The molecule has 0 spiro atoms. The third-order valence-corrected chi connectivity index (χ3v) is 12.1. The molecule has 0 N–H and O–H groups in total. The summed E-state index contributed by atoms with van der Waals surface area (Å²) in [5.74, 6) is 0. The molecule has 0 bridgehead atoms. The van der Waals surface area contributed by atoms with Gasteiger partial charge in [0.05, 0.1) is 0 Å². The molecular weight excluding hydrogens is 367 g/mol. The Morgan fingerprint density at radius 1 is 0.560 bits per heavy atom. The third kappa shape index (κ3) is 2.09. The van der Waals surface area contributed by atoms with Gasteiger partial charge in [0.15, 0.2) is 0 Å². The van der Waals surface area contributed by atoms with Crippen molar-refractivity contribution in [3.63, 3.8) is 0 Å². The average Bonchev–Trinajstić information content (AvgIpc) is 2.68. The Hall–Kier alpha value is -2.50. The molecule has 1 heterocycles. The standard InChI is InChI=1S/C23H17AsO/c25-24(23-15-7-11-17-8-1-4-12-20(17)23)21-13-5-2-9-18(21)16-19-10-3-6-14-22(19)24/h1-15H,16H2. The molecule has 0 amide bonds. The van der Waals surface area contributed by atoms with Crippen LogP contribution in [-0.2, 0) is 10.2 Å². The molecule has 0 radical (unpaired) electrons. The summed E-state index contributed by atoms with van der Waals surface area (Å²) in [6.45, 7) is 0. The van der Waals surface area contributed by atoms with Crippen molar-refractivity contribution in [2.75, 3.05) is 0 Å². The molecule has 1 aliphatic rings. The van der Waals surface area contributed by atoms with E-state index in [1.165, 1.54) is 11.1 Å². The van der Waals surface area contributed by atoms with Crippen LogP contribution in [0, 0.1) is 0 Å². The fourth-order valence-corrected chi connectivity index (χ4v) is 11.0. The van der Waals surface area contributed by atoms with Crippen molar-refractivity contribution in [2.45, 2.75) is 6.42 Å². The Bertz CT molecular complexity index is 1100. The minimum absolute atomic E-state index is 0.864. The van der Waals surface area contributed by atoms with Gasteiger partial charge in [0, 0.05) is 0 Å². The van der Waals surface area contributed by atoms with Crippen LogP contribution in [0.4, 0.5) is 0 Å². The first-order valence-corrected chi connectivity index (χ1v) is 12.1. The van der Waals surface area contributed by atoms with E-state index < -0.39 is 13.5 Å². The van der Waals surface area contributed by atoms with Crippen LogP contribution in [0.15, 0.2) is 91.0 Å².